The number of halogens is 2. The number of hydrogen-bond donors (Lipinski definition) is 0. The number of rotatable bonds is 1. The minimum atomic E-state index is 0.0346. The molecule has 2 aliphatic rings. The number of carbonyl (C=O) groups is 1. The van der Waals surface area contributed by atoms with Gasteiger partial charge in [0.05, 0.1) is 10.0 Å². The quantitative estimate of drug-likeness (QED) is 0.647. The molecule has 2 nitrogen and oxygen atoms in total. The number of aryl methyl sites for hydroxylation is 1. The van der Waals surface area contributed by atoms with Gasteiger partial charge in [-0.15, -0.1) is 0 Å². The van der Waals surface area contributed by atoms with Crippen molar-refractivity contribution in [3.05, 3.63) is 57.6 Å². The van der Waals surface area contributed by atoms with E-state index in [-0.39, 0.29) is 11.3 Å². The Morgan fingerprint density at radius 1 is 1.16 bits per heavy atom. The van der Waals surface area contributed by atoms with Crippen molar-refractivity contribution in [3.63, 3.8) is 0 Å². The van der Waals surface area contributed by atoms with Crippen molar-refractivity contribution >= 4 is 29.1 Å². The number of carbonyl (C=O) groups excluding carboxylic acids is 1. The molecule has 0 spiro atoms. The highest BCUT2D eigenvalue weighted by Gasteiger charge is 2.46. The highest BCUT2D eigenvalue weighted by molar-refractivity contribution is 6.43. The van der Waals surface area contributed by atoms with E-state index in [2.05, 4.69) is 25.1 Å². The van der Waals surface area contributed by atoms with Crippen LogP contribution in [0.4, 0.5) is 0 Å². The van der Waals surface area contributed by atoms with Crippen molar-refractivity contribution in [2.75, 3.05) is 7.05 Å². The van der Waals surface area contributed by atoms with E-state index >= 15 is 0 Å². The Bertz CT molecular complexity index is 863. The maximum Gasteiger partial charge on any atom is 0.222 e. The first-order valence-electron chi connectivity index (χ1n) is 8.75. The van der Waals surface area contributed by atoms with Gasteiger partial charge in [-0.1, -0.05) is 60.5 Å². The summed E-state index contributed by atoms with van der Waals surface area (Å²) < 4.78 is 0. The monoisotopic (exact) mass is 373 g/mol. The van der Waals surface area contributed by atoms with Crippen LogP contribution < -0.4 is 0 Å². The molecule has 2 atom stereocenters. The fourth-order valence-electron chi connectivity index (χ4n) is 4.68. The lowest BCUT2D eigenvalue weighted by molar-refractivity contribution is -0.138. The molecule has 0 N–H and O–H groups in total. The molecule has 2 aromatic carbocycles. The SMILES string of the molecule is CN1C(=O)CC[C@]2(C)c3ccc(-c4cccc(Cl)c4Cl)cc3CCC12. The molecule has 1 unspecified atom stereocenters. The van der Waals surface area contributed by atoms with E-state index in [1.807, 2.05) is 30.1 Å². The lowest BCUT2D eigenvalue weighted by Crippen LogP contribution is -2.56. The Morgan fingerprint density at radius 2 is 1.96 bits per heavy atom. The van der Waals surface area contributed by atoms with Crippen LogP contribution in [0, 0.1) is 0 Å². The second-order valence-electron chi connectivity index (χ2n) is 7.45. The molecule has 130 valence electrons. The highest BCUT2D eigenvalue weighted by Crippen LogP contribution is 2.46. The number of nitrogens with zero attached hydrogens (tertiary/aromatic N) is 1. The molecule has 1 aliphatic heterocycles. The van der Waals surface area contributed by atoms with Crippen LogP contribution in [0.2, 0.25) is 10.0 Å². The van der Waals surface area contributed by atoms with Crippen molar-refractivity contribution in [3.8, 4) is 11.1 Å². The van der Waals surface area contributed by atoms with Gasteiger partial charge in [-0.3, -0.25) is 4.79 Å². The van der Waals surface area contributed by atoms with Crippen LogP contribution in [-0.2, 0) is 16.6 Å². The number of hydrogen-bond acceptors (Lipinski definition) is 1. The molecule has 0 radical (unpaired) electrons. The summed E-state index contributed by atoms with van der Waals surface area (Å²) >= 11 is 12.6. The van der Waals surface area contributed by atoms with Gasteiger partial charge in [0.25, 0.3) is 0 Å². The number of piperidine rings is 1. The summed E-state index contributed by atoms with van der Waals surface area (Å²) in [4.78, 5) is 14.1. The second kappa shape index (κ2) is 6.03. The number of amides is 1. The van der Waals surface area contributed by atoms with Gasteiger partial charge in [-0.25, -0.2) is 0 Å². The second-order valence-corrected chi connectivity index (χ2v) is 8.24. The number of fused-ring (bicyclic) bond motifs is 3. The smallest absolute Gasteiger partial charge is 0.222 e. The zero-order chi connectivity index (χ0) is 17.8. The van der Waals surface area contributed by atoms with E-state index in [1.165, 1.54) is 11.1 Å². The first kappa shape index (κ1) is 16.9. The van der Waals surface area contributed by atoms with Crippen LogP contribution >= 0.6 is 23.2 Å². The summed E-state index contributed by atoms with van der Waals surface area (Å²) in [6.45, 7) is 2.31. The summed E-state index contributed by atoms with van der Waals surface area (Å²) in [5.41, 5.74) is 4.86. The van der Waals surface area contributed by atoms with Crippen LogP contribution in [0.15, 0.2) is 36.4 Å². The van der Waals surface area contributed by atoms with Crippen molar-refractivity contribution in [1.82, 2.24) is 4.90 Å². The lowest BCUT2D eigenvalue weighted by Gasteiger charge is -2.50. The summed E-state index contributed by atoms with van der Waals surface area (Å²) in [6, 6.07) is 12.7. The van der Waals surface area contributed by atoms with Crippen LogP contribution in [0.3, 0.4) is 0 Å². The molecule has 1 aliphatic carbocycles. The van der Waals surface area contributed by atoms with E-state index in [9.17, 15) is 4.79 Å². The molecular formula is C21H21Cl2NO. The minimum Gasteiger partial charge on any atom is -0.342 e. The summed E-state index contributed by atoms with van der Waals surface area (Å²) in [7, 11) is 1.95. The maximum absolute atomic E-state index is 12.1. The van der Waals surface area contributed by atoms with Crippen LogP contribution in [0.5, 0.6) is 0 Å². The molecule has 1 saturated heterocycles. The predicted octanol–water partition coefficient (Wildman–Crippen LogP) is 5.49. The molecule has 4 heteroatoms. The molecule has 2 aromatic rings. The molecule has 1 fully saturated rings. The number of likely N-dealkylation sites (tertiary alicyclic amines) is 1. The van der Waals surface area contributed by atoms with Gasteiger partial charge in [-0.2, -0.15) is 0 Å². The molecule has 1 heterocycles. The third kappa shape index (κ3) is 2.58. The molecule has 1 amide bonds. The molecule has 0 bridgehead atoms. The van der Waals surface area contributed by atoms with Crippen LogP contribution in [-0.4, -0.2) is 23.9 Å². The van der Waals surface area contributed by atoms with Crippen molar-refractivity contribution < 1.29 is 4.79 Å². The Morgan fingerprint density at radius 3 is 2.76 bits per heavy atom. The molecular weight excluding hydrogens is 353 g/mol. The van der Waals surface area contributed by atoms with Gasteiger partial charge in [-0.05, 0) is 42.0 Å². The minimum absolute atomic E-state index is 0.0346. The topological polar surface area (TPSA) is 20.3 Å². The standard InChI is InChI=1S/C21H21Cl2NO/c1-21-11-10-19(25)24(2)18(21)9-7-14-12-13(6-8-16(14)21)15-4-3-5-17(22)20(15)23/h3-6,8,12,18H,7,9-11H2,1-2H3/t18?,21-/m1/s1. The maximum atomic E-state index is 12.1. The zero-order valence-electron chi connectivity index (χ0n) is 14.5. The molecule has 0 saturated carbocycles. The Hall–Kier alpha value is -1.51. The van der Waals surface area contributed by atoms with Gasteiger partial charge in [0.1, 0.15) is 0 Å². The first-order chi connectivity index (χ1) is 11.9. The third-order valence-electron chi connectivity index (χ3n) is 6.12. The Kier molecular flexibility index (Phi) is 4.09. The van der Waals surface area contributed by atoms with E-state index in [1.54, 1.807) is 0 Å². The third-order valence-corrected chi connectivity index (χ3v) is 6.94. The van der Waals surface area contributed by atoms with Gasteiger partial charge >= 0.3 is 0 Å². The predicted molar refractivity (Wildman–Crippen MR) is 103 cm³/mol. The molecule has 25 heavy (non-hydrogen) atoms. The van der Waals surface area contributed by atoms with Gasteiger partial charge in [0.15, 0.2) is 0 Å². The average molecular weight is 374 g/mol. The number of benzene rings is 2. The van der Waals surface area contributed by atoms with Crippen molar-refractivity contribution in [2.24, 2.45) is 0 Å². The lowest BCUT2D eigenvalue weighted by atomic mass is 9.63. The average Bonchev–Trinajstić information content (AvgIpc) is 2.60. The van der Waals surface area contributed by atoms with Crippen molar-refractivity contribution in [2.45, 2.75) is 44.1 Å². The number of likely N-dealkylation sites (N-methyl/N-ethyl adjacent to an activating group) is 1. The molecule has 4 rings (SSSR count). The first-order valence-corrected chi connectivity index (χ1v) is 9.51. The summed E-state index contributed by atoms with van der Waals surface area (Å²) in [5.74, 6) is 0.272. The summed E-state index contributed by atoms with van der Waals surface area (Å²) in [5, 5.41) is 1.18. The van der Waals surface area contributed by atoms with Gasteiger partial charge in [0, 0.05) is 30.5 Å². The van der Waals surface area contributed by atoms with Crippen molar-refractivity contribution in [1.29, 1.82) is 0 Å². The van der Waals surface area contributed by atoms with E-state index in [0.717, 1.165) is 30.4 Å². The Labute approximate surface area is 158 Å². The van der Waals surface area contributed by atoms with Crippen LogP contribution in [0.1, 0.15) is 37.3 Å². The summed E-state index contributed by atoms with van der Waals surface area (Å²) in [6.07, 6.45) is 3.55. The van der Waals surface area contributed by atoms with Crippen LogP contribution in [0.25, 0.3) is 11.1 Å². The Balaban J connectivity index is 1.78. The van der Waals surface area contributed by atoms with E-state index in [0.29, 0.717) is 22.5 Å². The van der Waals surface area contributed by atoms with E-state index in [4.69, 9.17) is 23.2 Å². The fraction of sp³-hybridized carbons (Fsp3) is 0.381. The van der Waals surface area contributed by atoms with Gasteiger partial charge < -0.3 is 4.90 Å². The normalized spacial score (nSPS) is 25.5. The zero-order valence-corrected chi connectivity index (χ0v) is 16.0. The van der Waals surface area contributed by atoms with Gasteiger partial charge in [0.2, 0.25) is 5.91 Å². The largest absolute Gasteiger partial charge is 0.342 e. The van der Waals surface area contributed by atoms with E-state index < -0.39 is 0 Å². The fourth-order valence-corrected chi connectivity index (χ4v) is 5.09. The molecule has 0 aromatic heterocycles. The highest BCUT2D eigenvalue weighted by atomic mass is 35.5.